The molecule has 2 heterocycles. The molecule has 5 nitrogen and oxygen atoms in total. The van der Waals surface area contributed by atoms with Gasteiger partial charge in [-0.25, -0.2) is 4.98 Å². The number of rotatable bonds is 7. The summed E-state index contributed by atoms with van der Waals surface area (Å²) in [4.78, 5) is 16.5. The van der Waals surface area contributed by atoms with E-state index in [9.17, 15) is 4.79 Å². The maximum Gasteiger partial charge on any atom is 0.325 e. The molecule has 3 aromatic carbocycles. The van der Waals surface area contributed by atoms with Crippen LogP contribution in [0, 0.1) is 0 Å². The molecule has 0 saturated heterocycles. The number of aromatic nitrogens is 2. The van der Waals surface area contributed by atoms with Crippen molar-refractivity contribution in [3.05, 3.63) is 108 Å². The third kappa shape index (κ3) is 4.58. The van der Waals surface area contributed by atoms with Gasteiger partial charge in [0.1, 0.15) is 18.9 Å². The molecule has 0 unspecified atom stereocenters. The molecule has 0 atom stereocenters. The summed E-state index contributed by atoms with van der Waals surface area (Å²) in [6, 6.07) is 28.4. The first-order valence-corrected chi connectivity index (χ1v) is 10.9. The van der Waals surface area contributed by atoms with Gasteiger partial charge in [-0.2, -0.15) is 0 Å². The largest absolute Gasteiger partial charge is 0.487 e. The summed E-state index contributed by atoms with van der Waals surface area (Å²) in [5, 5.41) is 2.27. The summed E-state index contributed by atoms with van der Waals surface area (Å²) in [7, 11) is 1.41. The Labute approximate surface area is 192 Å². The summed E-state index contributed by atoms with van der Waals surface area (Å²) >= 11 is 0. The predicted molar refractivity (Wildman–Crippen MR) is 129 cm³/mol. The Morgan fingerprint density at radius 2 is 1.70 bits per heavy atom. The van der Waals surface area contributed by atoms with Crippen molar-refractivity contribution in [2.75, 3.05) is 7.11 Å². The van der Waals surface area contributed by atoms with E-state index in [1.54, 1.807) is 0 Å². The highest BCUT2D eigenvalue weighted by atomic mass is 16.5. The molecule has 0 radical (unpaired) electrons. The fourth-order valence-corrected chi connectivity index (χ4v) is 4.07. The van der Waals surface area contributed by atoms with Crippen molar-refractivity contribution >= 4 is 27.8 Å². The molecule has 2 aromatic heterocycles. The zero-order chi connectivity index (χ0) is 22.6. The van der Waals surface area contributed by atoms with Gasteiger partial charge in [0, 0.05) is 22.5 Å². The number of nitrogens with zero attached hydrogens (tertiary/aromatic N) is 2. The van der Waals surface area contributed by atoms with E-state index in [2.05, 4.69) is 35.3 Å². The number of benzene rings is 3. The SMILES string of the molecule is COC(=O)Cn1cc(Cc2ccc(OCc3ccc4ccccc4n3)cc2)c2ccccc21. The van der Waals surface area contributed by atoms with E-state index in [1.807, 2.05) is 65.4 Å². The lowest BCUT2D eigenvalue weighted by Gasteiger charge is -2.08. The molecule has 0 spiro atoms. The van der Waals surface area contributed by atoms with E-state index < -0.39 is 0 Å². The second-order valence-electron chi connectivity index (χ2n) is 7.98. The first-order valence-electron chi connectivity index (χ1n) is 10.9. The molecule has 5 heteroatoms. The van der Waals surface area contributed by atoms with Gasteiger partial charge < -0.3 is 14.0 Å². The number of esters is 1. The Bertz CT molecular complexity index is 1420. The van der Waals surface area contributed by atoms with Gasteiger partial charge in [-0.3, -0.25) is 4.79 Å². The zero-order valence-electron chi connectivity index (χ0n) is 18.4. The second-order valence-corrected chi connectivity index (χ2v) is 7.98. The van der Waals surface area contributed by atoms with E-state index in [0.717, 1.165) is 39.7 Å². The van der Waals surface area contributed by atoms with Gasteiger partial charge >= 0.3 is 5.97 Å². The summed E-state index contributed by atoms with van der Waals surface area (Å²) in [5.74, 6) is 0.548. The molecule has 0 N–H and O–H groups in total. The Morgan fingerprint density at radius 1 is 0.909 bits per heavy atom. The lowest BCUT2D eigenvalue weighted by molar-refractivity contribution is -0.141. The summed E-state index contributed by atoms with van der Waals surface area (Å²) in [6.07, 6.45) is 2.80. The molecule has 5 rings (SSSR count). The van der Waals surface area contributed by atoms with Crippen LogP contribution in [-0.2, 0) is 29.1 Å². The molecule has 0 saturated carbocycles. The van der Waals surface area contributed by atoms with Gasteiger partial charge in [-0.15, -0.1) is 0 Å². The Balaban J connectivity index is 1.29. The topological polar surface area (TPSA) is 53.4 Å². The summed E-state index contributed by atoms with van der Waals surface area (Å²) < 4.78 is 12.7. The molecular weight excluding hydrogens is 412 g/mol. The maximum absolute atomic E-state index is 11.8. The van der Waals surface area contributed by atoms with Crippen molar-refractivity contribution in [1.82, 2.24) is 9.55 Å². The smallest absolute Gasteiger partial charge is 0.325 e. The van der Waals surface area contributed by atoms with Crippen molar-refractivity contribution in [3.63, 3.8) is 0 Å². The Kier molecular flexibility index (Phi) is 5.77. The van der Waals surface area contributed by atoms with Crippen molar-refractivity contribution < 1.29 is 14.3 Å². The van der Waals surface area contributed by atoms with Gasteiger partial charge in [0.2, 0.25) is 0 Å². The van der Waals surface area contributed by atoms with Crippen molar-refractivity contribution in [2.24, 2.45) is 0 Å². The van der Waals surface area contributed by atoms with E-state index in [0.29, 0.717) is 6.61 Å². The number of ether oxygens (including phenoxy) is 2. The minimum Gasteiger partial charge on any atom is -0.487 e. The molecule has 0 aliphatic rings. The number of para-hydroxylation sites is 2. The highest BCUT2D eigenvalue weighted by Gasteiger charge is 2.11. The van der Waals surface area contributed by atoms with Crippen LogP contribution < -0.4 is 4.74 Å². The van der Waals surface area contributed by atoms with Gasteiger partial charge in [-0.1, -0.05) is 54.6 Å². The molecule has 164 valence electrons. The number of hydrogen-bond donors (Lipinski definition) is 0. The number of carbonyl (C=O) groups is 1. The zero-order valence-corrected chi connectivity index (χ0v) is 18.4. The second kappa shape index (κ2) is 9.17. The highest BCUT2D eigenvalue weighted by Crippen LogP contribution is 2.25. The molecular formula is C28H24N2O3. The van der Waals surface area contributed by atoms with E-state index in [4.69, 9.17) is 9.47 Å². The Hall–Kier alpha value is -4.12. The first-order chi connectivity index (χ1) is 16.2. The van der Waals surface area contributed by atoms with Gasteiger partial charge in [0.25, 0.3) is 0 Å². The van der Waals surface area contributed by atoms with Gasteiger partial charge in [0.05, 0.1) is 18.3 Å². The number of fused-ring (bicyclic) bond motifs is 2. The van der Waals surface area contributed by atoms with Crippen LogP contribution in [0.4, 0.5) is 0 Å². The van der Waals surface area contributed by atoms with E-state index >= 15 is 0 Å². The predicted octanol–water partition coefficient (Wildman–Crippen LogP) is 5.53. The molecule has 0 aliphatic heterocycles. The minimum absolute atomic E-state index is 0.201. The van der Waals surface area contributed by atoms with Crippen LogP contribution in [-0.4, -0.2) is 22.6 Å². The van der Waals surface area contributed by atoms with Crippen LogP contribution >= 0.6 is 0 Å². The molecule has 0 amide bonds. The lowest BCUT2D eigenvalue weighted by Crippen LogP contribution is -2.10. The number of hydrogen-bond acceptors (Lipinski definition) is 4. The van der Waals surface area contributed by atoms with Crippen molar-refractivity contribution in [2.45, 2.75) is 19.6 Å². The lowest BCUT2D eigenvalue weighted by atomic mass is 10.0. The standard InChI is InChI=1S/C28H24N2O3/c1-32-28(31)18-30-17-22(25-7-3-5-9-27(25)30)16-20-10-14-24(15-11-20)33-19-23-13-12-21-6-2-4-8-26(21)29-23/h2-15,17H,16,18-19H2,1H3. The van der Waals surface area contributed by atoms with Crippen LogP contribution in [0.5, 0.6) is 5.75 Å². The normalized spacial score (nSPS) is 11.1. The van der Waals surface area contributed by atoms with Gasteiger partial charge in [0.15, 0.2) is 0 Å². The average Bonchev–Trinajstić information content (AvgIpc) is 3.20. The maximum atomic E-state index is 11.8. The summed E-state index contributed by atoms with van der Waals surface area (Å²) in [5.41, 5.74) is 5.24. The first kappa shape index (κ1) is 20.8. The van der Waals surface area contributed by atoms with Crippen LogP contribution in [0.1, 0.15) is 16.8 Å². The van der Waals surface area contributed by atoms with Crippen molar-refractivity contribution in [1.29, 1.82) is 0 Å². The summed E-state index contributed by atoms with van der Waals surface area (Å²) in [6.45, 7) is 0.623. The minimum atomic E-state index is -0.260. The number of carbonyl (C=O) groups excluding carboxylic acids is 1. The Morgan fingerprint density at radius 3 is 2.55 bits per heavy atom. The van der Waals surface area contributed by atoms with Crippen molar-refractivity contribution in [3.8, 4) is 5.75 Å². The quantitative estimate of drug-likeness (QED) is 0.315. The van der Waals surface area contributed by atoms with Crippen LogP contribution in [0.3, 0.4) is 0 Å². The number of pyridine rings is 1. The molecule has 0 bridgehead atoms. The van der Waals surface area contributed by atoms with Crippen LogP contribution in [0.2, 0.25) is 0 Å². The highest BCUT2D eigenvalue weighted by molar-refractivity contribution is 5.85. The number of methoxy groups -OCH3 is 1. The van der Waals surface area contributed by atoms with Crippen LogP contribution in [0.25, 0.3) is 21.8 Å². The molecule has 0 fully saturated rings. The average molecular weight is 437 g/mol. The van der Waals surface area contributed by atoms with E-state index in [-0.39, 0.29) is 12.5 Å². The van der Waals surface area contributed by atoms with E-state index in [1.165, 1.54) is 18.2 Å². The van der Waals surface area contributed by atoms with Gasteiger partial charge in [-0.05, 0) is 47.9 Å². The fraction of sp³-hybridized carbons (Fsp3) is 0.143. The third-order valence-corrected chi connectivity index (χ3v) is 5.76. The fourth-order valence-electron chi connectivity index (χ4n) is 4.07. The molecule has 0 aliphatic carbocycles. The molecule has 5 aromatic rings. The monoisotopic (exact) mass is 436 g/mol. The third-order valence-electron chi connectivity index (χ3n) is 5.76. The molecule has 33 heavy (non-hydrogen) atoms. The van der Waals surface area contributed by atoms with Crippen LogP contribution in [0.15, 0.2) is 91.1 Å².